The molecule has 0 spiro atoms. The number of aromatic nitrogens is 4. The van der Waals surface area contributed by atoms with Crippen LogP contribution in [-0.2, 0) is 11.3 Å². The maximum atomic E-state index is 14.9. The maximum Gasteiger partial charge on any atom is 0.239 e. The van der Waals surface area contributed by atoms with Crippen LogP contribution < -0.4 is 15.4 Å². The first-order valence-corrected chi connectivity index (χ1v) is 12.1. The molecule has 4 aromatic rings. The number of ether oxygens (including phenoxy) is 1. The third-order valence-electron chi connectivity index (χ3n) is 6.20. The van der Waals surface area contributed by atoms with Gasteiger partial charge in [0.15, 0.2) is 11.6 Å². The molecule has 1 aliphatic heterocycles. The van der Waals surface area contributed by atoms with Gasteiger partial charge in [-0.25, -0.2) is 18.7 Å². The minimum Gasteiger partial charge on any atom is -0.493 e. The Kier molecular flexibility index (Phi) is 7.22. The first-order chi connectivity index (χ1) is 18.0. The number of anilines is 3. The Morgan fingerprint density at radius 3 is 2.78 bits per heavy atom. The number of likely N-dealkylation sites (tertiary alicyclic amines) is 1. The van der Waals surface area contributed by atoms with Crippen molar-refractivity contribution in [1.82, 2.24) is 24.6 Å². The van der Waals surface area contributed by atoms with Crippen LogP contribution in [0.5, 0.6) is 5.75 Å². The number of nitrogens with zero attached hydrogens (tertiary/aromatic N) is 6. The van der Waals surface area contributed by atoms with Crippen LogP contribution in [0, 0.1) is 11.6 Å². The van der Waals surface area contributed by atoms with Gasteiger partial charge < -0.3 is 15.4 Å². The average Bonchev–Trinajstić information content (AvgIpc) is 3.56. The van der Waals surface area contributed by atoms with Crippen LogP contribution in [0.15, 0.2) is 55.0 Å². The van der Waals surface area contributed by atoms with E-state index in [4.69, 9.17) is 10.5 Å². The van der Waals surface area contributed by atoms with Gasteiger partial charge >= 0.3 is 0 Å². The fraction of sp³-hybridized carbons (Fsp3) is 0.308. The molecular weight excluding hydrogens is 480 g/mol. The summed E-state index contributed by atoms with van der Waals surface area (Å²) in [7, 11) is 0. The van der Waals surface area contributed by atoms with Crippen LogP contribution in [0.1, 0.15) is 19.3 Å². The van der Waals surface area contributed by atoms with Gasteiger partial charge in [0.1, 0.15) is 12.3 Å². The third-order valence-corrected chi connectivity index (χ3v) is 6.20. The van der Waals surface area contributed by atoms with E-state index in [9.17, 15) is 13.6 Å². The monoisotopic (exact) mass is 507 g/mol. The van der Waals surface area contributed by atoms with Crippen molar-refractivity contribution in [2.75, 3.05) is 31.1 Å². The van der Waals surface area contributed by atoms with E-state index in [1.54, 1.807) is 12.3 Å². The number of hydrogen-bond acceptors (Lipinski definition) is 7. The Balaban J connectivity index is 1.44. The first-order valence-electron chi connectivity index (χ1n) is 12.1. The smallest absolute Gasteiger partial charge is 0.239 e. The minimum absolute atomic E-state index is 0.0989. The van der Waals surface area contributed by atoms with Crippen LogP contribution in [0.3, 0.4) is 0 Å². The molecule has 9 nitrogen and oxygen atoms in total. The number of amides is 1. The van der Waals surface area contributed by atoms with E-state index in [0.29, 0.717) is 23.6 Å². The van der Waals surface area contributed by atoms with Crippen molar-refractivity contribution in [2.45, 2.75) is 25.8 Å². The SMILES string of the molecule is NC(=O)Cn1cc(N(c2ncc3ccc(OCCCN4CCCC4)cc3n2)c2cccc(F)c2F)cn1. The second-order valence-corrected chi connectivity index (χ2v) is 8.91. The molecular formula is C26H27F2N7O2. The van der Waals surface area contributed by atoms with Crippen molar-refractivity contribution in [3.8, 4) is 5.75 Å². The fourth-order valence-corrected chi connectivity index (χ4v) is 4.42. The summed E-state index contributed by atoms with van der Waals surface area (Å²) in [6.07, 6.45) is 7.94. The summed E-state index contributed by atoms with van der Waals surface area (Å²) in [5.74, 6) is -1.91. The second kappa shape index (κ2) is 10.9. The highest BCUT2D eigenvalue weighted by molar-refractivity contribution is 5.82. The molecule has 2 aromatic carbocycles. The van der Waals surface area contributed by atoms with E-state index in [1.165, 1.54) is 46.9 Å². The number of halogens is 2. The molecule has 1 fully saturated rings. The lowest BCUT2D eigenvalue weighted by atomic mass is 10.2. The van der Waals surface area contributed by atoms with E-state index in [2.05, 4.69) is 20.0 Å². The van der Waals surface area contributed by atoms with Gasteiger partial charge in [-0.1, -0.05) is 6.07 Å². The summed E-state index contributed by atoms with van der Waals surface area (Å²) in [6.45, 7) is 3.73. The topological polar surface area (TPSA) is 102 Å². The van der Waals surface area contributed by atoms with Gasteiger partial charge in [0, 0.05) is 30.4 Å². The molecule has 192 valence electrons. The normalized spacial score (nSPS) is 13.8. The molecule has 11 heteroatoms. The predicted octanol–water partition coefficient (Wildman–Crippen LogP) is 3.92. The average molecular weight is 508 g/mol. The van der Waals surface area contributed by atoms with Gasteiger partial charge in [-0.15, -0.1) is 0 Å². The zero-order chi connectivity index (χ0) is 25.8. The van der Waals surface area contributed by atoms with Crippen LogP contribution in [0.2, 0.25) is 0 Å². The van der Waals surface area contributed by atoms with Gasteiger partial charge in [-0.3, -0.25) is 14.4 Å². The zero-order valence-electron chi connectivity index (χ0n) is 20.2. The summed E-state index contributed by atoms with van der Waals surface area (Å²) in [4.78, 5) is 24.1. The number of nitrogens with two attached hydrogens (primary N) is 1. The summed E-state index contributed by atoms with van der Waals surface area (Å²) in [5, 5.41) is 4.87. The molecule has 0 aliphatic carbocycles. The lowest BCUT2D eigenvalue weighted by Gasteiger charge is -2.22. The van der Waals surface area contributed by atoms with Gasteiger partial charge in [-0.05, 0) is 56.6 Å². The Hall–Kier alpha value is -4.12. The summed E-state index contributed by atoms with van der Waals surface area (Å²) < 4.78 is 36.3. The molecule has 3 heterocycles. The summed E-state index contributed by atoms with van der Waals surface area (Å²) in [5.41, 5.74) is 6.07. The molecule has 1 amide bonds. The van der Waals surface area contributed by atoms with E-state index >= 15 is 0 Å². The number of hydrogen-bond donors (Lipinski definition) is 1. The number of carbonyl (C=O) groups is 1. The van der Waals surface area contributed by atoms with Crippen LogP contribution >= 0.6 is 0 Å². The molecule has 2 N–H and O–H groups in total. The molecule has 0 radical (unpaired) electrons. The lowest BCUT2D eigenvalue weighted by molar-refractivity contribution is -0.118. The highest BCUT2D eigenvalue weighted by Crippen LogP contribution is 2.35. The van der Waals surface area contributed by atoms with Crippen LogP contribution in [-0.4, -0.2) is 56.8 Å². The number of carbonyl (C=O) groups excluding carboxylic acids is 1. The molecule has 0 bridgehead atoms. The molecule has 0 saturated carbocycles. The maximum absolute atomic E-state index is 14.9. The van der Waals surface area contributed by atoms with Gasteiger partial charge in [-0.2, -0.15) is 5.10 Å². The van der Waals surface area contributed by atoms with Crippen molar-refractivity contribution in [2.24, 2.45) is 5.73 Å². The van der Waals surface area contributed by atoms with Crippen molar-refractivity contribution >= 4 is 34.1 Å². The molecule has 2 aromatic heterocycles. The first kappa shape index (κ1) is 24.6. The van der Waals surface area contributed by atoms with Crippen molar-refractivity contribution in [3.63, 3.8) is 0 Å². The predicted molar refractivity (Wildman–Crippen MR) is 135 cm³/mol. The molecule has 1 saturated heterocycles. The number of fused-ring (bicyclic) bond motifs is 1. The largest absolute Gasteiger partial charge is 0.493 e. The van der Waals surface area contributed by atoms with E-state index in [0.717, 1.165) is 37.5 Å². The Morgan fingerprint density at radius 1 is 1.14 bits per heavy atom. The summed E-state index contributed by atoms with van der Waals surface area (Å²) >= 11 is 0. The van der Waals surface area contributed by atoms with E-state index < -0.39 is 17.5 Å². The van der Waals surface area contributed by atoms with Crippen LogP contribution in [0.4, 0.5) is 26.1 Å². The van der Waals surface area contributed by atoms with Gasteiger partial charge in [0.25, 0.3) is 0 Å². The van der Waals surface area contributed by atoms with Gasteiger partial charge in [0.05, 0.1) is 29.7 Å². The highest BCUT2D eigenvalue weighted by atomic mass is 19.2. The Labute approximate surface area is 212 Å². The fourth-order valence-electron chi connectivity index (χ4n) is 4.42. The minimum atomic E-state index is -1.07. The quantitative estimate of drug-likeness (QED) is 0.325. The highest BCUT2D eigenvalue weighted by Gasteiger charge is 2.23. The van der Waals surface area contributed by atoms with Crippen LogP contribution in [0.25, 0.3) is 10.9 Å². The number of benzene rings is 2. The number of primary amides is 1. The summed E-state index contributed by atoms with van der Waals surface area (Å²) in [6, 6.07) is 9.35. The molecule has 1 aliphatic rings. The lowest BCUT2D eigenvalue weighted by Crippen LogP contribution is -2.21. The second-order valence-electron chi connectivity index (χ2n) is 8.91. The van der Waals surface area contributed by atoms with E-state index in [-0.39, 0.29) is 18.2 Å². The van der Waals surface area contributed by atoms with Crippen molar-refractivity contribution in [1.29, 1.82) is 0 Å². The van der Waals surface area contributed by atoms with Crippen molar-refractivity contribution in [3.05, 3.63) is 66.6 Å². The van der Waals surface area contributed by atoms with Crippen molar-refractivity contribution < 1.29 is 18.3 Å². The number of rotatable bonds is 10. The van der Waals surface area contributed by atoms with E-state index in [1.807, 2.05) is 12.1 Å². The van der Waals surface area contributed by atoms with Gasteiger partial charge in [0.2, 0.25) is 11.9 Å². The Morgan fingerprint density at radius 2 is 1.97 bits per heavy atom. The molecule has 37 heavy (non-hydrogen) atoms. The molecule has 0 atom stereocenters. The zero-order valence-corrected chi connectivity index (χ0v) is 20.2. The molecule has 5 rings (SSSR count). The standard InChI is InChI=1S/C26H27F2N7O2/c27-21-5-3-6-23(25(21)28)35(19-15-31-34(16-19)17-24(29)36)26-30-14-18-7-8-20(13-22(18)32-26)37-12-4-11-33-9-1-2-10-33/h3,5-8,13-16H,1-2,4,9-12,17H2,(H2,29,36). The molecule has 0 unspecified atom stereocenters. The third kappa shape index (κ3) is 5.67. The Bertz CT molecular complexity index is 1400.